The Morgan fingerprint density at radius 2 is 1.65 bits per heavy atom. The molecule has 0 aromatic heterocycles. The summed E-state index contributed by atoms with van der Waals surface area (Å²) in [5, 5.41) is 10.5. The Balaban J connectivity index is 2.22. The van der Waals surface area contributed by atoms with Crippen LogP contribution in [0.5, 0.6) is 5.75 Å². The SMILES string of the molecule is COc1ccccc1C(O)c1ccc(CC(C)C)cc1. The number of hydrogen-bond acceptors (Lipinski definition) is 2. The number of benzene rings is 2. The predicted molar refractivity (Wildman–Crippen MR) is 82.0 cm³/mol. The molecule has 2 aromatic rings. The van der Waals surface area contributed by atoms with Crippen molar-refractivity contribution in [2.45, 2.75) is 26.4 Å². The molecule has 0 spiro atoms. The molecule has 0 amide bonds. The first-order valence-corrected chi connectivity index (χ1v) is 7.01. The second kappa shape index (κ2) is 6.58. The van der Waals surface area contributed by atoms with Gasteiger partial charge in [-0.3, -0.25) is 0 Å². The fourth-order valence-corrected chi connectivity index (χ4v) is 2.38. The Bertz CT molecular complexity index is 544. The van der Waals surface area contributed by atoms with Crippen LogP contribution in [-0.2, 0) is 6.42 Å². The monoisotopic (exact) mass is 270 g/mol. The van der Waals surface area contributed by atoms with Crippen molar-refractivity contribution in [3.8, 4) is 5.75 Å². The molecule has 2 aromatic carbocycles. The number of rotatable bonds is 5. The van der Waals surface area contributed by atoms with Gasteiger partial charge in [0.1, 0.15) is 11.9 Å². The van der Waals surface area contributed by atoms with Gasteiger partial charge in [-0.1, -0.05) is 56.3 Å². The smallest absolute Gasteiger partial charge is 0.125 e. The summed E-state index contributed by atoms with van der Waals surface area (Å²) in [4.78, 5) is 0. The molecular weight excluding hydrogens is 248 g/mol. The molecule has 0 fully saturated rings. The van der Waals surface area contributed by atoms with Crippen molar-refractivity contribution >= 4 is 0 Å². The van der Waals surface area contributed by atoms with Gasteiger partial charge in [0.25, 0.3) is 0 Å². The Labute approximate surface area is 121 Å². The third-order valence-corrected chi connectivity index (χ3v) is 3.37. The van der Waals surface area contributed by atoms with E-state index in [0.717, 1.165) is 17.5 Å². The standard InChI is InChI=1S/C18H22O2/c1-13(2)12-14-8-10-15(11-9-14)18(19)16-6-4-5-7-17(16)20-3/h4-11,13,18-19H,12H2,1-3H3. The van der Waals surface area contributed by atoms with Gasteiger partial charge in [-0.05, 0) is 29.5 Å². The average Bonchev–Trinajstić information content (AvgIpc) is 2.46. The fraction of sp³-hybridized carbons (Fsp3) is 0.333. The maximum atomic E-state index is 10.5. The van der Waals surface area contributed by atoms with Crippen molar-refractivity contribution in [3.63, 3.8) is 0 Å². The quantitative estimate of drug-likeness (QED) is 0.890. The van der Waals surface area contributed by atoms with Gasteiger partial charge in [0.15, 0.2) is 0 Å². The Morgan fingerprint density at radius 1 is 1.00 bits per heavy atom. The van der Waals surface area contributed by atoms with E-state index in [9.17, 15) is 5.11 Å². The van der Waals surface area contributed by atoms with Gasteiger partial charge in [-0.15, -0.1) is 0 Å². The van der Waals surface area contributed by atoms with Gasteiger partial charge in [0.05, 0.1) is 7.11 Å². The van der Waals surface area contributed by atoms with Gasteiger partial charge >= 0.3 is 0 Å². The van der Waals surface area contributed by atoms with Crippen molar-refractivity contribution in [3.05, 3.63) is 65.2 Å². The lowest BCUT2D eigenvalue weighted by atomic mass is 9.97. The lowest BCUT2D eigenvalue weighted by molar-refractivity contribution is 0.214. The second-order valence-corrected chi connectivity index (χ2v) is 5.48. The fourth-order valence-electron chi connectivity index (χ4n) is 2.38. The summed E-state index contributed by atoms with van der Waals surface area (Å²) in [6.07, 6.45) is 0.407. The van der Waals surface area contributed by atoms with Gasteiger partial charge in [0.2, 0.25) is 0 Å². The molecule has 1 unspecified atom stereocenters. The van der Waals surface area contributed by atoms with Crippen molar-refractivity contribution in [2.24, 2.45) is 5.92 Å². The van der Waals surface area contributed by atoms with Crippen LogP contribution >= 0.6 is 0 Å². The highest BCUT2D eigenvalue weighted by molar-refractivity contribution is 5.40. The van der Waals surface area contributed by atoms with Crippen LogP contribution < -0.4 is 4.74 Å². The maximum absolute atomic E-state index is 10.5. The first kappa shape index (κ1) is 14.6. The first-order valence-electron chi connectivity index (χ1n) is 7.01. The van der Waals surface area contributed by atoms with E-state index in [1.165, 1.54) is 5.56 Å². The molecule has 0 saturated carbocycles. The third kappa shape index (κ3) is 3.40. The highest BCUT2D eigenvalue weighted by Crippen LogP contribution is 2.29. The van der Waals surface area contributed by atoms with Gasteiger partial charge < -0.3 is 9.84 Å². The van der Waals surface area contributed by atoms with E-state index in [4.69, 9.17) is 4.74 Å². The number of para-hydroxylation sites is 1. The summed E-state index contributed by atoms with van der Waals surface area (Å²) in [5.41, 5.74) is 2.99. The van der Waals surface area contributed by atoms with Crippen LogP contribution in [0.4, 0.5) is 0 Å². The van der Waals surface area contributed by atoms with Crippen molar-refractivity contribution in [1.29, 1.82) is 0 Å². The summed E-state index contributed by atoms with van der Waals surface area (Å²) in [5.74, 6) is 1.35. The van der Waals surface area contributed by atoms with Gasteiger partial charge in [-0.2, -0.15) is 0 Å². The van der Waals surface area contributed by atoms with E-state index in [-0.39, 0.29) is 0 Å². The van der Waals surface area contributed by atoms with Crippen LogP contribution in [0, 0.1) is 5.92 Å². The lowest BCUT2D eigenvalue weighted by Crippen LogP contribution is -2.03. The molecule has 106 valence electrons. The molecular formula is C18H22O2. The summed E-state index contributed by atoms with van der Waals surface area (Å²) < 4.78 is 5.30. The minimum absolute atomic E-state index is 0.639. The number of hydrogen-bond donors (Lipinski definition) is 1. The molecule has 0 heterocycles. The molecule has 0 radical (unpaired) electrons. The summed E-state index contributed by atoms with van der Waals surface area (Å²) in [6.45, 7) is 4.41. The van der Waals surface area contributed by atoms with E-state index >= 15 is 0 Å². The van der Waals surface area contributed by atoms with Crippen LogP contribution in [0.1, 0.15) is 36.6 Å². The van der Waals surface area contributed by atoms with E-state index < -0.39 is 6.10 Å². The Hall–Kier alpha value is -1.80. The molecule has 0 saturated heterocycles. The molecule has 0 aliphatic rings. The number of ether oxygens (including phenoxy) is 1. The summed E-state index contributed by atoms with van der Waals surface area (Å²) in [7, 11) is 1.62. The topological polar surface area (TPSA) is 29.5 Å². The van der Waals surface area contributed by atoms with Crippen LogP contribution in [0.3, 0.4) is 0 Å². The summed E-state index contributed by atoms with van der Waals surface area (Å²) >= 11 is 0. The molecule has 1 N–H and O–H groups in total. The zero-order valence-corrected chi connectivity index (χ0v) is 12.3. The molecule has 0 aliphatic heterocycles. The average molecular weight is 270 g/mol. The largest absolute Gasteiger partial charge is 0.496 e. The van der Waals surface area contributed by atoms with Gasteiger partial charge in [0, 0.05) is 5.56 Å². The highest BCUT2D eigenvalue weighted by Gasteiger charge is 2.14. The molecule has 2 rings (SSSR count). The molecule has 2 heteroatoms. The third-order valence-electron chi connectivity index (χ3n) is 3.37. The molecule has 20 heavy (non-hydrogen) atoms. The minimum Gasteiger partial charge on any atom is -0.496 e. The zero-order chi connectivity index (χ0) is 14.5. The van der Waals surface area contributed by atoms with E-state index in [1.54, 1.807) is 7.11 Å². The predicted octanol–water partition coefficient (Wildman–Crippen LogP) is 3.98. The molecule has 0 aliphatic carbocycles. The normalized spacial score (nSPS) is 12.4. The minimum atomic E-state index is -0.653. The molecule has 2 nitrogen and oxygen atoms in total. The van der Waals surface area contributed by atoms with Crippen LogP contribution in [0.25, 0.3) is 0 Å². The van der Waals surface area contributed by atoms with Crippen LogP contribution in [0.2, 0.25) is 0 Å². The molecule has 1 atom stereocenters. The van der Waals surface area contributed by atoms with E-state index in [0.29, 0.717) is 11.7 Å². The first-order chi connectivity index (χ1) is 9.61. The summed E-state index contributed by atoms with van der Waals surface area (Å²) in [6, 6.07) is 15.7. The Kier molecular flexibility index (Phi) is 4.80. The highest BCUT2D eigenvalue weighted by atomic mass is 16.5. The van der Waals surface area contributed by atoms with Crippen molar-refractivity contribution in [1.82, 2.24) is 0 Å². The van der Waals surface area contributed by atoms with Crippen LogP contribution in [0.15, 0.2) is 48.5 Å². The second-order valence-electron chi connectivity index (χ2n) is 5.48. The van der Waals surface area contributed by atoms with Crippen molar-refractivity contribution in [2.75, 3.05) is 7.11 Å². The molecule has 0 bridgehead atoms. The van der Waals surface area contributed by atoms with Gasteiger partial charge in [-0.25, -0.2) is 0 Å². The van der Waals surface area contributed by atoms with E-state index in [1.807, 2.05) is 36.4 Å². The number of aliphatic hydroxyl groups excluding tert-OH is 1. The van der Waals surface area contributed by atoms with Crippen LogP contribution in [-0.4, -0.2) is 12.2 Å². The number of aliphatic hydroxyl groups is 1. The van der Waals surface area contributed by atoms with E-state index in [2.05, 4.69) is 26.0 Å². The Morgan fingerprint density at radius 3 is 2.25 bits per heavy atom. The van der Waals surface area contributed by atoms with Crippen molar-refractivity contribution < 1.29 is 9.84 Å². The lowest BCUT2D eigenvalue weighted by Gasteiger charge is -2.15. The maximum Gasteiger partial charge on any atom is 0.125 e. The zero-order valence-electron chi connectivity index (χ0n) is 12.3. The number of methoxy groups -OCH3 is 1.